The summed E-state index contributed by atoms with van der Waals surface area (Å²) in [5, 5.41) is 4.82. The minimum Gasteiger partial charge on any atom is -0.466 e. The molecule has 0 N–H and O–H groups in total. The Hall–Kier alpha value is -2.22. The van der Waals surface area contributed by atoms with Gasteiger partial charge in [-0.3, -0.25) is 4.79 Å². The molecule has 2 aromatic rings. The molecule has 1 fully saturated rings. The Morgan fingerprint density at radius 1 is 1.30 bits per heavy atom. The summed E-state index contributed by atoms with van der Waals surface area (Å²) in [6, 6.07) is 0. The van der Waals surface area contributed by atoms with E-state index in [0.717, 1.165) is 30.0 Å². The van der Waals surface area contributed by atoms with E-state index in [1.54, 1.807) is 6.92 Å². The largest absolute Gasteiger partial charge is 0.466 e. The van der Waals surface area contributed by atoms with Crippen LogP contribution in [0.15, 0.2) is 4.52 Å². The standard InChI is InChI=1S/C15H20N4O4/c1-3-22-12(20)5-4-11-16-14(19-6-8-21-9-7-19)13-10(2)18-23-15(13)17-11/h3-9H2,1-2H3. The molecule has 0 spiro atoms. The molecule has 0 aliphatic carbocycles. The van der Waals surface area contributed by atoms with Gasteiger partial charge in [0.05, 0.1) is 31.9 Å². The van der Waals surface area contributed by atoms with Crippen molar-refractivity contribution in [3.63, 3.8) is 0 Å². The predicted octanol–water partition coefficient (Wildman–Crippen LogP) is 1.26. The summed E-state index contributed by atoms with van der Waals surface area (Å²) in [4.78, 5) is 22.7. The molecule has 0 unspecified atom stereocenters. The molecular weight excluding hydrogens is 300 g/mol. The van der Waals surface area contributed by atoms with Gasteiger partial charge in [0.25, 0.3) is 5.71 Å². The average Bonchev–Trinajstić information content (AvgIpc) is 2.95. The zero-order valence-electron chi connectivity index (χ0n) is 13.4. The van der Waals surface area contributed by atoms with Crippen LogP contribution in [-0.2, 0) is 20.7 Å². The molecule has 0 atom stereocenters. The second kappa shape index (κ2) is 6.91. The summed E-state index contributed by atoms with van der Waals surface area (Å²) in [5.74, 6) is 1.11. The first kappa shape index (κ1) is 15.7. The van der Waals surface area contributed by atoms with E-state index in [1.807, 2.05) is 6.92 Å². The van der Waals surface area contributed by atoms with Crippen LogP contribution < -0.4 is 4.90 Å². The number of hydrogen-bond donors (Lipinski definition) is 0. The summed E-state index contributed by atoms with van der Waals surface area (Å²) in [5.41, 5.74) is 1.22. The van der Waals surface area contributed by atoms with Gasteiger partial charge in [0.15, 0.2) is 0 Å². The predicted molar refractivity (Wildman–Crippen MR) is 82.3 cm³/mol. The number of morpholine rings is 1. The lowest BCUT2D eigenvalue weighted by Gasteiger charge is -2.28. The maximum Gasteiger partial charge on any atom is 0.306 e. The van der Waals surface area contributed by atoms with Crippen LogP contribution in [0.4, 0.5) is 5.82 Å². The average molecular weight is 320 g/mol. The zero-order valence-corrected chi connectivity index (χ0v) is 13.4. The number of aryl methyl sites for hydroxylation is 2. The highest BCUT2D eigenvalue weighted by Crippen LogP contribution is 2.27. The van der Waals surface area contributed by atoms with Crippen molar-refractivity contribution in [2.75, 3.05) is 37.8 Å². The van der Waals surface area contributed by atoms with Crippen LogP contribution in [0.25, 0.3) is 11.1 Å². The molecule has 2 aromatic heterocycles. The Labute approximate surface area is 133 Å². The molecule has 0 radical (unpaired) electrons. The number of esters is 1. The second-order valence-corrected chi connectivity index (χ2v) is 5.32. The summed E-state index contributed by atoms with van der Waals surface area (Å²) >= 11 is 0. The van der Waals surface area contributed by atoms with Gasteiger partial charge in [0, 0.05) is 19.5 Å². The van der Waals surface area contributed by atoms with Crippen molar-refractivity contribution in [2.24, 2.45) is 0 Å². The Bertz CT molecular complexity index is 694. The van der Waals surface area contributed by atoms with Crippen LogP contribution in [0.2, 0.25) is 0 Å². The topological polar surface area (TPSA) is 90.6 Å². The van der Waals surface area contributed by atoms with Crippen molar-refractivity contribution in [3.05, 3.63) is 11.5 Å². The Kier molecular flexibility index (Phi) is 4.71. The Morgan fingerprint density at radius 2 is 2.09 bits per heavy atom. The van der Waals surface area contributed by atoms with Crippen molar-refractivity contribution in [1.29, 1.82) is 0 Å². The normalized spacial score (nSPS) is 15.1. The van der Waals surface area contributed by atoms with Gasteiger partial charge in [-0.25, -0.2) is 4.98 Å². The van der Waals surface area contributed by atoms with Gasteiger partial charge >= 0.3 is 5.97 Å². The monoisotopic (exact) mass is 320 g/mol. The Balaban J connectivity index is 1.89. The van der Waals surface area contributed by atoms with Gasteiger partial charge in [0.2, 0.25) is 0 Å². The number of anilines is 1. The lowest BCUT2D eigenvalue weighted by molar-refractivity contribution is -0.143. The van der Waals surface area contributed by atoms with E-state index in [0.29, 0.717) is 37.8 Å². The quantitative estimate of drug-likeness (QED) is 0.760. The molecule has 1 saturated heterocycles. The minimum atomic E-state index is -0.252. The van der Waals surface area contributed by atoms with Crippen molar-refractivity contribution < 1.29 is 18.8 Å². The number of hydrogen-bond acceptors (Lipinski definition) is 8. The van der Waals surface area contributed by atoms with Crippen LogP contribution in [0.3, 0.4) is 0 Å². The fraction of sp³-hybridized carbons (Fsp3) is 0.600. The molecule has 0 aromatic carbocycles. The first-order chi connectivity index (χ1) is 11.2. The molecule has 3 heterocycles. The fourth-order valence-corrected chi connectivity index (χ4v) is 2.57. The van der Waals surface area contributed by atoms with Gasteiger partial charge in [-0.15, -0.1) is 0 Å². The molecule has 8 heteroatoms. The molecule has 1 aliphatic heterocycles. The van der Waals surface area contributed by atoms with E-state index in [2.05, 4.69) is 20.0 Å². The number of carbonyl (C=O) groups excluding carboxylic acids is 1. The van der Waals surface area contributed by atoms with Crippen LogP contribution >= 0.6 is 0 Å². The van der Waals surface area contributed by atoms with Crippen molar-refractivity contribution in [3.8, 4) is 0 Å². The highest BCUT2D eigenvalue weighted by Gasteiger charge is 2.21. The summed E-state index contributed by atoms with van der Waals surface area (Å²) in [7, 11) is 0. The Morgan fingerprint density at radius 3 is 2.83 bits per heavy atom. The number of aromatic nitrogens is 3. The minimum absolute atomic E-state index is 0.245. The zero-order chi connectivity index (χ0) is 16.2. The third kappa shape index (κ3) is 3.42. The van der Waals surface area contributed by atoms with Gasteiger partial charge in [-0.2, -0.15) is 4.98 Å². The lowest BCUT2D eigenvalue weighted by Crippen LogP contribution is -2.37. The van der Waals surface area contributed by atoms with E-state index >= 15 is 0 Å². The number of ether oxygens (including phenoxy) is 2. The third-order valence-electron chi connectivity index (χ3n) is 3.70. The summed E-state index contributed by atoms with van der Waals surface area (Å²) in [6.07, 6.45) is 0.654. The summed E-state index contributed by atoms with van der Waals surface area (Å²) < 4.78 is 15.6. The number of fused-ring (bicyclic) bond motifs is 1. The van der Waals surface area contributed by atoms with E-state index in [-0.39, 0.29) is 12.4 Å². The third-order valence-corrected chi connectivity index (χ3v) is 3.70. The van der Waals surface area contributed by atoms with Gasteiger partial charge in [-0.1, -0.05) is 5.16 Å². The maximum atomic E-state index is 11.5. The van der Waals surface area contributed by atoms with E-state index < -0.39 is 0 Å². The van der Waals surface area contributed by atoms with E-state index in [9.17, 15) is 4.79 Å². The number of nitrogens with zero attached hydrogens (tertiary/aromatic N) is 4. The molecule has 124 valence electrons. The van der Waals surface area contributed by atoms with E-state index in [4.69, 9.17) is 14.0 Å². The van der Waals surface area contributed by atoms with Crippen LogP contribution in [-0.4, -0.2) is 54.0 Å². The molecule has 8 nitrogen and oxygen atoms in total. The molecule has 1 aliphatic rings. The number of carbonyl (C=O) groups is 1. The SMILES string of the molecule is CCOC(=O)CCc1nc(N2CCOCC2)c2c(C)noc2n1. The molecular formula is C15H20N4O4. The fourth-order valence-electron chi connectivity index (χ4n) is 2.57. The van der Waals surface area contributed by atoms with Crippen LogP contribution in [0, 0.1) is 6.92 Å². The van der Waals surface area contributed by atoms with Crippen LogP contribution in [0.5, 0.6) is 0 Å². The number of rotatable bonds is 5. The highest BCUT2D eigenvalue weighted by molar-refractivity contribution is 5.88. The maximum absolute atomic E-state index is 11.5. The first-order valence-electron chi connectivity index (χ1n) is 7.80. The summed E-state index contributed by atoms with van der Waals surface area (Å²) in [6.45, 7) is 6.87. The van der Waals surface area contributed by atoms with Crippen molar-refractivity contribution in [1.82, 2.24) is 15.1 Å². The van der Waals surface area contributed by atoms with Crippen LogP contribution in [0.1, 0.15) is 24.9 Å². The van der Waals surface area contributed by atoms with Crippen molar-refractivity contribution in [2.45, 2.75) is 26.7 Å². The van der Waals surface area contributed by atoms with Gasteiger partial charge in [-0.05, 0) is 13.8 Å². The molecule has 3 rings (SSSR count). The highest BCUT2D eigenvalue weighted by atomic mass is 16.5. The lowest BCUT2D eigenvalue weighted by atomic mass is 10.2. The smallest absolute Gasteiger partial charge is 0.306 e. The molecule has 0 bridgehead atoms. The van der Waals surface area contributed by atoms with Crippen molar-refractivity contribution >= 4 is 22.9 Å². The first-order valence-corrected chi connectivity index (χ1v) is 7.80. The van der Waals surface area contributed by atoms with E-state index in [1.165, 1.54) is 0 Å². The van der Waals surface area contributed by atoms with Gasteiger partial charge < -0.3 is 18.9 Å². The molecule has 23 heavy (non-hydrogen) atoms. The molecule has 0 saturated carbocycles. The second-order valence-electron chi connectivity index (χ2n) is 5.32. The molecule has 0 amide bonds. The van der Waals surface area contributed by atoms with Gasteiger partial charge in [0.1, 0.15) is 17.0 Å².